The van der Waals surface area contributed by atoms with Crippen LogP contribution in [0.2, 0.25) is 0 Å². The van der Waals surface area contributed by atoms with Gasteiger partial charge in [0.2, 0.25) is 0 Å². The highest BCUT2D eigenvalue weighted by Gasteiger charge is 2.49. The van der Waals surface area contributed by atoms with Crippen molar-refractivity contribution in [3.63, 3.8) is 0 Å². The van der Waals surface area contributed by atoms with Gasteiger partial charge in [0.25, 0.3) is 5.79 Å². The Kier molecular flexibility index (Phi) is 5.50. The second kappa shape index (κ2) is 7.44. The average molecular weight is 338 g/mol. The molecule has 24 heavy (non-hydrogen) atoms. The summed E-state index contributed by atoms with van der Waals surface area (Å²) in [5, 5.41) is 0. The second-order valence-corrected chi connectivity index (χ2v) is 7.71. The average Bonchev–Trinajstić information content (AvgIpc) is 3.05. The van der Waals surface area contributed by atoms with Crippen LogP contribution in [0, 0.1) is 17.8 Å². The summed E-state index contributed by atoms with van der Waals surface area (Å²) < 4.78 is 22.7. The fourth-order valence-electron chi connectivity index (χ4n) is 3.89. The van der Waals surface area contributed by atoms with Crippen LogP contribution in [0.4, 0.5) is 0 Å². The lowest BCUT2D eigenvalue weighted by molar-refractivity contribution is -0.256. The van der Waals surface area contributed by atoms with Crippen molar-refractivity contribution >= 4 is 5.97 Å². The predicted molar refractivity (Wildman–Crippen MR) is 88.9 cm³/mol. The first-order valence-corrected chi connectivity index (χ1v) is 9.33. The van der Waals surface area contributed by atoms with Crippen molar-refractivity contribution in [2.24, 2.45) is 17.8 Å². The molecule has 0 aromatic rings. The molecule has 136 valence electrons. The zero-order chi connectivity index (χ0) is 17.2. The van der Waals surface area contributed by atoms with E-state index in [2.05, 4.69) is 20.8 Å². The number of rotatable bonds is 5. The van der Waals surface area contributed by atoms with Gasteiger partial charge in [-0.05, 0) is 43.9 Å². The van der Waals surface area contributed by atoms with Gasteiger partial charge in [0, 0.05) is 12.3 Å². The molecule has 1 aliphatic carbocycles. The van der Waals surface area contributed by atoms with Crippen LogP contribution in [0.25, 0.3) is 0 Å². The van der Waals surface area contributed by atoms with E-state index in [0.29, 0.717) is 37.0 Å². The van der Waals surface area contributed by atoms with E-state index >= 15 is 0 Å². The van der Waals surface area contributed by atoms with Gasteiger partial charge >= 0.3 is 5.97 Å². The van der Waals surface area contributed by atoms with Crippen LogP contribution >= 0.6 is 0 Å². The summed E-state index contributed by atoms with van der Waals surface area (Å²) in [6, 6.07) is 0. The van der Waals surface area contributed by atoms with Crippen molar-refractivity contribution in [1.82, 2.24) is 0 Å². The molecule has 3 aliphatic rings. The number of hydrogen-bond acceptors (Lipinski definition) is 5. The fraction of sp³-hybridized carbons (Fsp3) is 0.842. The van der Waals surface area contributed by atoms with Gasteiger partial charge < -0.3 is 18.9 Å². The van der Waals surface area contributed by atoms with Gasteiger partial charge in [-0.25, -0.2) is 4.79 Å². The van der Waals surface area contributed by atoms with E-state index < -0.39 is 5.79 Å². The minimum Gasteiger partial charge on any atom is -0.459 e. The van der Waals surface area contributed by atoms with Crippen LogP contribution in [-0.4, -0.2) is 31.3 Å². The Morgan fingerprint density at radius 2 is 2.00 bits per heavy atom. The highest BCUT2D eigenvalue weighted by molar-refractivity contribution is 5.89. The lowest BCUT2D eigenvalue weighted by Gasteiger charge is -2.46. The van der Waals surface area contributed by atoms with E-state index in [-0.39, 0.29) is 18.2 Å². The molecule has 0 radical (unpaired) electrons. The summed E-state index contributed by atoms with van der Waals surface area (Å²) in [5.41, 5.74) is 0.623. The molecule has 0 N–H and O–H groups in total. The summed E-state index contributed by atoms with van der Waals surface area (Å²) in [5.74, 6) is 0.375. The monoisotopic (exact) mass is 338 g/mol. The number of carbonyl (C=O) groups excluding carboxylic acids is 1. The largest absolute Gasteiger partial charge is 0.459 e. The first-order valence-electron chi connectivity index (χ1n) is 9.33. The van der Waals surface area contributed by atoms with E-state index in [1.54, 1.807) is 6.26 Å². The van der Waals surface area contributed by atoms with Gasteiger partial charge in [-0.1, -0.05) is 20.8 Å². The zero-order valence-corrected chi connectivity index (χ0v) is 15.1. The van der Waals surface area contributed by atoms with E-state index in [1.807, 2.05) is 0 Å². The highest BCUT2D eigenvalue weighted by atomic mass is 16.7. The van der Waals surface area contributed by atoms with Gasteiger partial charge in [-0.2, -0.15) is 0 Å². The molecule has 0 aromatic heterocycles. The van der Waals surface area contributed by atoms with Crippen LogP contribution < -0.4 is 0 Å². The molecule has 3 rings (SSSR count). The smallest absolute Gasteiger partial charge is 0.340 e. The minimum absolute atomic E-state index is 0.123. The van der Waals surface area contributed by atoms with E-state index in [1.165, 1.54) is 6.42 Å². The van der Waals surface area contributed by atoms with Gasteiger partial charge in [-0.15, -0.1) is 0 Å². The predicted octanol–water partition coefficient (Wildman–Crippen LogP) is 3.78. The van der Waals surface area contributed by atoms with Gasteiger partial charge in [-0.3, -0.25) is 0 Å². The maximum atomic E-state index is 12.5. The Hall–Kier alpha value is -1.07. The number of esters is 1. The van der Waals surface area contributed by atoms with Crippen molar-refractivity contribution in [3.8, 4) is 0 Å². The molecule has 5 heteroatoms. The Labute approximate surface area is 144 Å². The lowest BCUT2D eigenvalue weighted by atomic mass is 9.73. The van der Waals surface area contributed by atoms with Crippen LogP contribution in [0.15, 0.2) is 11.8 Å². The number of hydrogen-bond donors (Lipinski definition) is 0. The van der Waals surface area contributed by atoms with Crippen LogP contribution in [-0.2, 0) is 23.7 Å². The van der Waals surface area contributed by atoms with Crippen LogP contribution in [0.3, 0.4) is 0 Å². The molecule has 1 saturated heterocycles. The molecule has 5 nitrogen and oxygen atoms in total. The van der Waals surface area contributed by atoms with Crippen molar-refractivity contribution in [3.05, 3.63) is 11.8 Å². The molecule has 0 amide bonds. The number of carbonyl (C=O) groups is 1. The van der Waals surface area contributed by atoms with Crippen molar-refractivity contribution in [1.29, 1.82) is 0 Å². The molecule has 2 heterocycles. The van der Waals surface area contributed by atoms with Crippen LogP contribution in [0.1, 0.15) is 59.3 Å². The molecule has 0 bridgehead atoms. The molecular formula is C19H30O5. The molecule has 2 fully saturated rings. The fourth-order valence-corrected chi connectivity index (χ4v) is 3.89. The third-order valence-electron chi connectivity index (χ3n) is 5.72. The van der Waals surface area contributed by atoms with Gasteiger partial charge in [0.15, 0.2) is 6.29 Å². The van der Waals surface area contributed by atoms with Crippen LogP contribution in [0.5, 0.6) is 0 Å². The van der Waals surface area contributed by atoms with E-state index in [4.69, 9.17) is 18.9 Å². The molecular weight excluding hydrogens is 308 g/mol. The second-order valence-electron chi connectivity index (χ2n) is 7.71. The van der Waals surface area contributed by atoms with Crippen molar-refractivity contribution in [2.75, 3.05) is 13.2 Å². The maximum absolute atomic E-state index is 12.5. The summed E-state index contributed by atoms with van der Waals surface area (Å²) in [6.45, 7) is 7.91. The summed E-state index contributed by atoms with van der Waals surface area (Å²) in [6.07, 6.45) is 6.80. The molecule has 1 spiro atoms. The van der Waals surface area contributed by atoms with Gasteiger partial charge in [0.05, 0.1) is 25.0 Å². The van der Waals surface area contributed by atoms with Gasteiger partial charge in [0.1, 0.15) is 0 Å². The molecule has 0 unspecified atom stereocenters. The minimum atomic E-state index is -0.758. The summed E-state index contributed by atoms with van der Waals surface area (Å²) >= 11 is 0. The number of ether oxygens (including phenoxy) is 4. The highest BCUT2D eigenvalue weighted by Crippen LogP contribution is 2.45. The topological polar surface area (TPSA) is 54.0 Å². The van der Waals surface area contributed by atoms with Crippen molar-refractivity contribution in [2.45, 2.75) is 71.4 Å². The normalized spacial score (nSPS) is 34.3. The first-order chi connectivity index (χ1) is 11.5. The quantitative estimate of drug-likeness (QED) is 0.714. The molecule has 3 atom stereocenters. The van der Waals surface area contributed by atoms with Crippen molar-refractivity contribution < 1.29 is 23.7 Å². The molecule has 2 aliphatic heterocycles. The lowest BCUT2D eigenvalue weighted by Crippen LogP contribution is -2.50. The summed E-state index contributed by atoms with van der Waals surface area (Å²) in [7, 11) is 0. The van der Waals surface area contributed by atoms with E-state index in [0.717, 1.165) is 25.7 Å². The molecule has 1 saturated carbocycles. The summed E-state index contributed by atoms with van der Waals surface area (Å²) in [4.78, 5) is 12.5. The third kappa shape index (κ3) is 3.77. The third-order valence-corrected chi connectivity index (χ3v) is 5.72. The standard InChI is InChI=1S/C19H30O5/c1-13(2)15-8-7-14(3)19(11-15)23-12-16(18(20)24-19)5-4-6-17-21-9-10-22-17/h12-15,17H,4-11H2,1-3H3/t14-,15-,19+/m1/s1. The Morgan fingerprint density at radius 3 is 2.67 bits per heavy atom. The Morgan fingerprint density at radius 1 is 1.25 bits per heavy atom. The Bertz CT molecular complexity index is 480. The maximum Gasteiger partial charge on any atom is 0.340 e. The molecule has 0 aromatic carbocycles. The SMILES string of the molecule is CC(C)[C@@H]1CC[C@@H](C)[C@@]2(C1)OC=C(CCCC1OCCO1)C(=O)O2. The first kappa shape index (κ1) is 17.7. The zero-order valence-electron chi connectivity index (χ0n) is 15.1. The van der Waals surface area contributed by atoms with E-state index in [9.17, 15) is 4.79 Å². The Balaban J connectivity index is 1.57.